The van der Waals surface area contributed by atoms with Gasteiger partial charge in [-0.25, -0.2) is 9.59 Å². The molecule has 0 bridgehead atoms. The van der Waals surface area contributed by atoms with E-state index in [9.17, 15) is 9.59 Å². The fourth-order valence-electron chi connectivity index (χ4n) is 7.27. The Morgan fingerprint density at radius 1 is 0.837 bits per heavy atom. The number of hydrogen-bond donors (Lipinski definition) is 0. The monoisotopic (exact) mass is 698 g/mol. The number of benzene rings is 1. The van der Waals surface area contributed by atoms with Gasteiger partial charge >= 0.3 is 11.9 Å². The van der Waals surface area contributed by atoms with E-state index >= 15 is 0 Å². The van der Waals surface area contributed by atoms with Crippen molar-refractivity contribution < 1.29 is 33.3 Å². The minimum atomic E-state index is -2.08. The lowest BCUT2D eigenvalue weighted by molar-refractivity contribution is -0.266. The standard InChI is InChI=1S/C41H66O7Si/c1-10-11-13-16-32-17-19-34(20-18-32)35-23-36(28-45-39(42)30(2)3)38(37(24-35)29-46-40(43)31(4)5)49(8,9)22-15-12-14-21-44-25-33-26-47-41(6,7)48-27-33/h23-24,32-34H,2,4,10-22,25-29H2,1,3,5-9H3. The van der Waals surface area contributed by atoms with Gasteiger partial charge in [0.05, 0.1) is 27.9 Å². The highest BCUT2D eigenvalue weighted by molar-refractivity contribution is 6.90. The predicted molar refractivity (Wildman–Crippen MR) is 201 cm³/mol. The van der Waals surface area contributed by atoms with Crippen molar-refractivity contribution in [2.24, 2.45) is 11.8 Å². The van der Waals surface area contributed by atoms with E-state index in [1.165, 1.54) is 49.3 Å². The summed E-state index contributed by atoms with van der Waals surface area (Å²) < 4.78 is 29.1. The van der Waals surface area contributed by atoms with Gasteiger partial charge < -0.3 is 23.7 Å². The highest BCUT2D eigenvalue weighted by Crippen LogP contribution is 2.39. The normalized spacial score (nSPS) is 19.7. The number of ether oxygens (including phenoxy) is 5. The smallest absolute Gasteiger partial charge is 0.333 e. The van der Waals surface area contributed by atoms with Gasteiger partial charge in [0.1, 0.15) is 13.2 Å². The molecular weight excluding hydrogens is 633 g/mol. The Morgan fingerprint density at radius 2 is 1.41 bits per heavy atom. The van der Waals surface area contributed by atoms with Gasteiger partial charge in [-0.3, -0.25) is 0 Å². The first-order chi connectivity index (χ1) is 23.2. The number of unbranched alkanes of at least 4 members (excludes halogenated alkanes) is 4. The molecule has 8 heteroatoms. The molecule has 1 aromatic carbocycles. The van der Waals surface area contributed by atoms with E-state index in [4.69, 9.17) is 23.7 Å². The van der Waals surface area contributed by atoms with Crippen LogP contribution in [0.15, 0.2) is 36.4 Å². The van der Waals surface area contributed by atoms with Crippen LogP contribution in [0.4, 0.5) is 0 Å². The molecule has 0 N–H and O–H groups in total. The van der Waals surface area contributed by atoms with Gasteiger partial charge in [-0.1, -0.05) is 89.9 Å². The third kappa shape index (κ3) is 13.8. The number of esters is 2. The lowest BCUT2D eigenvalue weighted by Gasteiger charge is -2.34. The first-order valence-corrected chi connectivity index (χ1v) is 22.1. The molecule has 0 unspecified atom stereocenters. The average Bonchev–Trinajstić information content (AvgIpc) is 3.06. The van der Waals surface area contributed by atoms with Crippen LogP contribution in [-0.4, -0.2) is 52.2 Å². The summed E-state index contributed by atoms with van der Waals surface area (Å²) >= 11 is 0. The predicted octanol–water partition coefficient (Wildman–Crippen LogP) is 9.28. The minimum Gasteiger partial charge on any atom is -0.457 e. The zero-order chi connectivity index (χ0) is 36.0. The topological polar surface area (TPSA) is 80.3 Å². The summed E-state index contributed by atoms with van der Waals surface area (Å²) in [6.45, 7) is 25.0. The molecular formula is C41H66O7Si. The Hall–Kier alpha value is -2.26. The number of rotatable bonds is 20. The molecule has 7 nitrogen and oxygen atoms in total. The highest BCUT2D eigenvalue weighted by Gasteiger charge is 2.32. The van der Waals surface area contributed by atoms with Crippen LogP contribution in [0.5, 0.6) is 0 Å². The maximum absolute atomic E-state index is 12.6. The van der Waals surface area contributed by atoms with Gasteiger partial charge in [0.15, 0.2) is 5.79 Å². The van der Waals surface area contributed by atoms with Crippen molar-refractivity contribution in [2.45, 2.75) is 149 Å². The summed E-state index contributed by atoms with van der Waals surface area (Å²) in [5.74, 6) is 0.276. The van der Waals surface area contributed by atoms with Gasteiger partial charge in [-0.15, -0.1) is 0 Å². The summed E-state index contributed by atoms with van der Waals surface area (Å²) in [5.41, 5.74) is 4.16. The van der Waals surface area contributed by atoms with Crippen molar-refractivity contribution in [2.75, 3.05) is 26.4 Å². The largest absolute Gasteiger partial charge is 0.457 e. The van der Waals surface area contributed by atoms with Crippen LogP contribution in [0, 0.1) is 11.8 Å². The number of hydrogen-bond acceptors (Lipinski definition) is 7. The van der Waals surface area contributed by atoms with E-state index < -0.39 is 13.9 Å². The van der Waals surface area contributed by atoms with E-state index in [0.29, 0.717) is 36.9 Å². The Morgan fingerprint density at radius 3 is 1.94 bits per heavy atom. The van der Waals surface area contributed by atoms with Crippen LogP contribution in [0.25, 0.3) is 0 Å². The highest BCUT2D eigenvalue weighted by atomic mass is 28.3. The molecule has 0 amide bonds. The third-order valence-electron chi connectivity index (χ3n) is 10.2. The van der Waals surface area contributed by atoms with Gasteiger partial charge in [-0.2, -0.15) is 0 Å². The van der Waals surface area contributed by atoms with Crippen molar-refractivity contribution in [3.05, 3.63) is 53.1 Å². The lowest BCUT2D eigenvalue weighted by Crippen LogP contribution is -2.46. The molecule has 1 aliphatic heterocycles. The summed E-state index contributed by atoms with van der Waals surface area (Å²) in [7, 11) is -2.08. The van der Waals surface area contributed by atoms with Gasteiger partial charge in [0.25, 0.3) is 0 Å². The maximum Gasteiger partial charge on any atom is 0.333 e. The van der Waals surface area contributed by atoms with Crippen LogP contribution in [0.1, 0.15) is 128 Å². The molecule has 2 aliphatic rings. The van der Waals surface area contributed by atoms with Crippen molar-refractivity contribution in [1.29, 1.82) is 0 Å². The van der Waals surface area contributed by atoms with Crippen LogP contribution in [0.2, 0.25) is 19.1 Å². The van der Waals surface area contributed by atoms with Crippen LogP contribution < -0.4 is 5.19 Å². The van der Waals surface area contributed by atoms with Crippen molar-refractivity contribution in [3.63, 3.8) is 0 Å². The van der Waals surface area contributed by atoms with Crippen molar-refractivity contribution >= 4 is 25.2 Å². The van der Waals surface area contributed by atoms with Crippen molar-refractivity contribution in [3.8, 4) is 0 Å². The zero-order valence-electron chi connectivity index (χ0n) is 31.9. The Balaban J connectivity index is 1.75. The Labute approximate surface area is 298 Å². The fraction of sp³-hybridized carbons (Fsp3) is 0.707. The Kier molecular flexibility index (Phi) is 16.8. The molecule has 1 heterocycles. The molecule has 2 fully saturated rings. The molecule has 0 spiro atoms. The SMILES string of the molecule is C=C(C)C(=O)OCc1cc(C2CCC(CCCCC)CC2)cc(COC(=O)C(=C)C)c1[Si](C)(C)CCCCCOCC1COC(C)(C)OC1. The third-order valence-corrected chi connectivity index (χ3v) is 13.8. The molecule has 1 saturated heterocycles. The minimum absolute atomic E-state index is 0.193. The van der Waals surface area contributed by atoms with Crippen LogP contribution in [-0.2, 0) is 46.5 Å². The molecule has 0 atom stereocenters. The van der Waals surface area contributed by atoms with E-state index in [1.807, 2.05) is 13.8 Å². The van der Waals surface area contributed by atoms with Gasteiger partial charge in [0.2, 0.25) is 0 Å². The summed E-state index contributed by atoms with van der Waals surface area (Å²) in [4.78, 5) is 25.2. The molecule has 276 valence electrons. The molecule has 49 heavy (non-hydrogen) atoms. The fourth-order valence-corrected chi connectivity index (χ4v) is 10.7. The summed E-state index contributed by atoms with van der Waals surface area (Å²) in [6.07, 6.45) is 13.2. The summed E-state index contributed by atoms with van der Waals surface area (Å²) in [6, 6.07) is 5.67. The van der Waals surface area contributed by atoms with Crippen molar-refractivity contribution in [1.82, 2.24) is 0 Å². The summed E-state index contributed by atoms with van der Waals surface area (Å²) in [5, 5.41) is 1.24. The second-order valence-corrected chi connectivity index (χ2v) is 20.6. The molecule has 3 rings (SSSR count). The van der Waals surface area contributed by atoms with E-state index in [1.54, 1.807) is 13.8 Å². The molecule has 1 aromatic rings. The second-order valence-electron chi connectivity index (χ2n) is 15.8. The first-order valence-electron chi connectivity index (χ1n) is 18.9. The van der Waals surface area contributed by atoms with Crippen LogP contribution in [0.3, 0.4) is 0 Å². The molecule has 1 saturated carbocycles. The van der Waals surface area contributed by atoms with E-state index in [2.05, 4.69) is 45.3 Å². The lowest BCUT2D eigenvalue weighted by atomic mass is 9.76. The van der Waals surface area contributed by atoms with Gasteiger partial charge in [0, 0.05) is 23.7 Å². The zero-order valence-corrected chi connectivity index (χ0v) is 32.9. The number of carbonyl (C=O) groups is 2. The van der Waals surface area contributed by atoms with Gasteiger partial charge in [-0.05, 0) is 93.5 Å². The molecule has 0 radical (unpaired) electrons. The quantitative estimate of drug-likeness (QED) is 0.0581. The van der Waals surface area contributed by atoms with Crippen LogP contribution >= 0.6 is 0 Å². The first kappa shape index (κ1) is 41.2. The average molecular weight is 699 g/mol. The molecule has 0 aromatic heterocycles. The molecule has 1 aliphatic carbocycles. The van der Waals surface area contributed by atoms with E-state index in [-0.39, 0.29) is 31.1 Å². The van der Waals surface area contributed by atoms with E-state index in [0.717, 1.165) is 61.8 Å². The maximum atomic E-state index is 12.6. The second kappa shape index (κ2) is 20.0. The number of carbonyl (C=O) groups excluding carboxylic acids is 2. The Bertz CT molecular complexity index is 1180.